The minimum atomic E-state index is 0.507. The molecule has 6 heteroatoms. The lowest BCUT2D eigenvalue weighted by Crippen LogP contribution is -2.31. The summed E-state index contributed by atoms with van der Waals surface area (Å²) < 4.78 is 0. The zero-order chi connectivity index (χ0) is 13.2. The van der Waals surface area contributed by atoms with Gasteiger partial charge in [0.05, 0.1) is 12.2 Å². The first kappa shape index (κ1) is 14.3. The number of aliphatic imine (C=N–C) groups is 1. The summed E-state index contributed by atoms with van der Waals surface area (Å²) in [6.07, 6.45) is 3.65. The fraction of sp³-hybridized carbons (Fsp3) is 0.417. The summed E-state index contributed by atoms with van der Waals surface area (Å²) >= 11 is 1.78. The number of guanidine groups is 1. The molecule has 2 N–H and O–H groups in total. The van der Waals surface area contributed by atoms with Gasteiger partial charge in [0.1, 0.15) is 0 Å². The SMILES string of the molecule is CN/C(=N/CCSCc1ncccc1C)NC#N. The largest absolute Gasteiger partial charge is 0.359 e. The number of nitriles is 1. The van der Waals surface area contributed by atoms with Gasteiger partial charge in [-0.2, -0.15) is 17.0 Å². The van der Waals surface area contributed by atoms with Crippen LogP contribution in [0.1, 0.15) is 11.3 Å². The van der Waals surface area contributed by atoms with Gasteiger partial charge in [-0.05, 0) is 18.6 Å². The molecule has 96 valence electrons. The molecule has 0 fully saturated rings. The highest BCUT2D eigenvalue weighted by Crippen LogP contribution is 2.12. The summed E-state index contributed by atoms with van der Waals surface area (Å²) in [4.78, 5) is 8.55. The molecule has 1 aromatic heterocycles. The third kappa shape index (κ3) is 5.06. The molecule has 0 unspecified atom stereocenters. The van der Waals surface area contributed by atoms with Crippen LogP contribution >= 0.6 is 11.8 Å². The minimum absolute atomic E-state index is 0.507. The van der Waals surface area contributed by atoms with Crippen LogP contribution in [0.5, 0.6) is 0 Å². The molecule has 1 heterocycles. The molecule has 5 nitrogen and oxygen atoms in total. The van der Waals surface area contributed by atoms with Crippen molar-refractivity contribution in [2.45, 2.75) is 12.7 Å². The third-order valence-electron chi connectivity index (χ3n) is 2.27. The Balaban J connectivity index is 2.27. The van der Waals surface area contributed by atoms with E-state index in [0.29, 0.717) is 12.5 Å². The molecule has 0 spiro atoms. The Hall–Kier alpha value is -1.74. The second kappa shape index (κ2) is 8.37. The van der Waals surface area contributed by atoms with Crippen LogP contribution < -0.4 is 10.6 Å². The van der Waals surface area contributed by atoms with Crippen molar-refractivity contribution in [3.8, 4) is 6.19 Å². The van der Waals surface area contributed by atoms with E-state index >= 15 is 0 Å². The molecule has 1 rings (SSSR count). The number of hydrogen-bond donors (Lipinski definition) is 2. The quantitative estimate of drug-likeness (QED) is 0.275. The number of hydrogen-bond acceptors (Lipinski definition) is 4. The van der Waals surface area contributed by atoms with E-state index in [9.17, 15) is 0 Å². The van der Waals surface area contributed by atoms with Gasteiger partial charge >= 0.3 is 0 Å². The van der Waals surface area contributed by atoms with Gasteiger partial charge in [0.15, 0.2) is 6.19 Å². The molecule has 18 heavy (non-hydrogen) atoms. The van der Waals surface area contributed by atoms with Crippen molar-refractivity contribution in [1.29, 1.82) is 5.26 Å². The highest BCUT2D eigenvalue weighted by atomic mass is 32.2. The average Bonchev–Trinajstić information content (AvgIpc) is 2.39. The number of nitrogens with one attached hydrogen (secondary N) is 2. The van der Waals surface area contributed by atoms with Crippen LogP contribution in [0.2, 0.25) is 0 Å². The highest BCUT2D eigenvalue weighted by molar-refractivity contribution is 7.98. The van der Waals surface area contributed by atoms with E-state index in [1.165, 1.54) is 5.56 Å². The maximum absolute atomic E-state index is 8.45. The summed E-state index contributed by atoms with van der Waals surface area (Å²) in [6, 6.07) is 4.01. The van der Waals surface area contributed by atoms with Gasteiger partial charge in [-0.25, -0.2) is 0 Å². The van der Waals surface area contributed by atoms with Gasteiger partial charge in [0.2, 0.25) is 5.96 Å². The van der Waals surface area contributed by atoms with E-state index in [-0.39, 0.29) is 0 Å². The zero-order valence-corrected chi connectivity index (χ0v) is 11.4. The second-order valence-corrected chi connectivity index (χ2v) is 4.64. The lowest BCUT2D eigenvalue weighted by molar-refractivity contribution is 1.01. The van der Waals surface area contributed by atoms with Crippen LogP contribution in [-0.2, 0) is 5.75 Å². The maximum atomic E-state index is 8.45. The molecule has 0 aliphatic rings. The van der Waals surface area contributed by atoms with Gasteiger partial charge in [0, 0.05) is 24.8 Å². The summed E-state index contributed by atoms with van der Waals surface area (Å²) in [5.41, 5.74) is 2.34. The number of aryl methyl sites for hydroxylation is 1. The van der Waals surface area contributed by atoms with Crippen molar-refractivity contribution in [2.24, 2.45) is 4.99 Å². The van der Waals surface area contributed by atoms with E-state index in [4.69, 9.17) is 5.26 Å². The molecule has 0 amide bonds. The van der Waals surface area contributed by atoms with Crippen LogP contribution in [0.25, 0.3) is 0 Å². The number of pyridine rings is 1. The molecule has 0 saturated heterocycles. The Bertz CT molecular complexity index is 438. The van der Waals surface area contributed by atoms with Crippen molar-refractivity contribution >= 4 is 17.7 Å². The van der Waals surface area contributed by atoms with Gasteiger partial charge in [-0.15, -0.1) is 0 Å². The van der Waals surface area contributed by atoms with Crippen LogP contribution in [0.4, 0.5) is 0 Å². The standard InChI is InChI=1S/C12H17N5S/c1-10-4-3-5-15-11(10)8-18-7-6-16-12(14-2)17-9-13/h3-5H,6-8H2,1-2H3,(H2,14,16,17). The van der Waals surface area contributed by atoms with Gasteiger partial charge in [-0.1, -0.05) is 6.07 Å². The Morgan fingerprint density at radius 1 is 1.61 bits per heavy atom. The van der Waals surface area contributed by atoms with Crippen LogP contribution in [-0.4, -0.2) is 30.3 Å². The van der Waals surface area contributed by atoms with E-state index in [1.807, 2.05) is 18.5 Å². The number of rotatable bonds is 5. The molecular formula is C12H17N5S. The van der Waals surface area contributed by atoms with E-state index < -0.39 is 0 Å². The zero-order valence-electron chi connectivity index (χ0n) is 10.6. The first-order chi connectivity index (χ1) is 8.77. The summed E-state index contributed by atoms with van der Waals surface area (Å²) in [5.74, 6) is 2.30. The predicted molar refractivity (Wildman–Crippen MR) is 75.2 cm³/mol. The topological polar surface area (TPSA) is 73.1 Å². The predicted octanol–water partition coefficient (Wildman–Crippen LogP) is 1.27. The van der Waals surface area contributed by atoms with Crippen molar-refractivity contribution in [3.05, 3.63) is 29.6 Å². The first-order valence-electron chi connectivity index (χ1n) is 5.63. The molecule has 0 radical (unpaired) electrons. The molecule has 1 aromatic rings. The Morgan fingerprint density at radius 2 is 2.44 bits per heavy atom. The Morgan fingerprint density at radius 3 is 3.11 bits per heavy atom. The molecule has 0 atom stereocenters. The normalized spacial score (nSPS) is 10.8. The fourth-order valence-electron chi connectivity index (χ4n) is 1.29. The third-order valence-corrected chi connectivity index (χ3v) is 3.22. The molecule has 0 aliphatic heterocycles. The van der Waals surface area contributed by atoms with Crippen LogP contribution in [0, 0.1) is 18.4 Å². The van der Waals surface area contributed by atoms with E-state index in [2.05, 4.69) is 33.6 Å². The highest BCUT2D eigenvalue weighted by Gasteiger charge is 1.98. The Kier molecular flexibility index (Phi) is 6.66. The summed E-state index contributed by atoms with van der Waals surface area (Å²) in [7, 11) is 1.73. The molecule has 0 saturated carbocycles. The monoisotopic (exact) mass is 263 g/mol. The summed E-state index contributed by atoms with van der Waals surface area (Å²) in [6.45, 7) is 2.73. The number of nitrogens with zero attached hydrogens (tertiary/aromatic N) is 3. The van der Waals surface area contributed by atoms with E-state index in [1.54, 1.807) is 18.8 Å². The van der Waals surface area contributed by atoms with Crippen molar-refractivity contribution < 1.29 is 0 Å². The van der Waals surface area contributed by atoms with Crippen molar-refractivity contribution in [1.82, 2.24) is 15.6 Å². The fourth-order valence-corrected chi connectivity index (χ4v) is 2.15. The number of aromatic nitrogens is 1. The molecular weight excluding hydrogens is 246 g/mol. The van der Waals surface area contributed by atoms with Crippen molar-refractivity contribution in [3.63, 3.8) is 0 Å². The Labute approximate surface area is 112 Å². The molecule has 0 aliphatic carbocycles. The smallest absolute Gasteiger partial charge is 0.204 e. The number of thioether (sulfide) groups is 1. The molecule has 0 bridgehead atoms. The minimum Gasteiger partial charge on any atom is -0.359 e. The average molecular weight is 263 g/mol. The van der Waals surface area contributed by atoms with E-state index in [0.717, 1.165) is 17.2 Å². The molecule has 0 aromatic carbocycles. The van der Waals surface area contributed by atoms with Crippen LogP contribution in [0.3, 0.4) is 0 Å². The van der Waals surface area contributed by atoms with Crippen molar-refractivity contribution in [2.75, 3.05) is 19.3 Å². The van der Waals surface area contributed by atoms with Gasteiger partial charge in [0.25, 0.3) is 0 Å². The maximum Gasteiger partial charge on any atom is 0.204 e. The van der Waals surface area contributed by atoms with Crippen LogP contribution in [0.15, 0.2) is 23.3 Å². The second-order valence-electron chi connectivity index (χ2n) is 3.54. The lowest BCUT2D eigenvalue weighted by Gasteiger charge is -2.04. The van der Waals surface area contributed by atoms with Gasteiger partial charge in [-0.3, -0.25) is 15.3 Å². The van der Waals surface area contributed by atoms with Gasteiger partial charge < -0.3 is 5.32 Å². The summed E-state index contributed by atoms with van der Waals surface area (Å²) in [5, 5.41) is 13.7. The lowest BCUT2D eigenvalue weighted by atomic mass is 10.2. The first-order valence-corrected chi connectivity index (χ1v) is 6.79.